The smallest absolute Gasteiger partial charge is 0.329 e. The molecular formula is C20H21N3O5. The van der Waals surface area contributed by atoms with E-state index >= 15 is 0 Å². The highest BCUT2D eigenvalue weighted by atomic mass is 16.5. The van der Waals surface area contributed by atoms with Gasteiger partial charge in [-0.2, -0.15) is 5.26 Å². The first-order valence-electron chi connectivity index (χ1n) is 9.26. The molecule has 1 aromatic rings. The number of rotatable bonds is 5. The van der Waals surface area contributed by atoms with E-state index in [4.69, 9.17) is 10.00 Å². The zero-order valence-electron chi connectivity index (χ0n) is 15.5. The minimum absolute atomic E-state index is 0.318. The molecular weight excluding hydrogens is 362 g/mol. The van der Waals surface area contributed by atoms with E-state index in [0.717, 1.165) is 17.7 Å². The molecule has 28 heavy (non-hydrogen) atoms. The maximum atomic E-state index is 12.5. The second-order valence-electron chi connectivity index (χ2n) is 7.06. The molecule has 146 valence electrons. The Morgan fingerprint density at radius 1 is 1.18 bits per heavy atom. The lowest BCUT2D eigenvalue weighted by Crippen LogP contribution is -2.45. The van der Waals surface area contributed by atoms with Gasteiger partial charge in [0.25, 0.3) is 5.91 Å². The average Bonchev–Trinajstić information content (AvgIpc) is 2.97. The third-order valence-corrected chi connectivity index (χ3v) is 5.25. The van der Waals surface area contributed by atoms with Crippen LogP contribution in [0.3, 0.4) is 0 Å². The molecule has 0 aromatic heterocycles. The van der Waals surface area contributed by atoms with Crippen LogP contribution in [0, 0.1) is 23.2 Å². The fourth-order valence-corrected chi connectivity index (χ4v) is 3.76. The number of carbonyl (C=O) groups excluding carboxylic acids is 4. The molecule has 0 radical (unpaired) electrons. The van der Waals surface area contributed by atoms with Gasteiger partial charge in [-0.1, -0.05) is 12.8 Å². The van der Waals surface area contributed by atoms with E-state index in [0.29, 0.717) is 24.1 Å². The van der Waals surface area contributed by atoms with Crippen molar-refractivity contribution < 1.29 is 23.9 Å². The van der Waals surface area contributed by atoms with Crippen molar-refractivity contribution in [1.29, 1.82) is 5.26 Å². The summed E-state index contributed by atoms with van der Waals surface area (Å²) in [5, 5.41) is 11.3. The number of nitriles is 1. The SMILES string of the molecule is C[C@@H](C(=O)OCC(=O)Nc1ccc(C#N)cc1)N1C(=O)C2CCCCC2C1=O. The summed E-state index contributed by atoms with van der Waals surface area (Å²) in [6, 6.07) is 7.13. The Hall–Kier alpha value is -3.21. The van der Waals surface area contributed by atoms with Crippen LogP contribution in [0.15, 0.2) is 24.3 Å². The standard InChI is InChI=1S/C20H21N3O5/c1-12(23-18(25)15-4-2-3-5-16(15)19(23)26)20(27)28-11-17(24)22-14-8-6-13(10-21)7-9-14/h6-9,12,15-16H,2-5,11H2,1H3,(H,22,24)/t12-,15?,16?/m0/s1. The average molecular weight is 383 g/mol. The van der Waals surface area contributed by atoms with Crippen molar-refractivity contribution in [2.45, 2.75) is 38.6 Å². The Kier molecular flexibility index (Phi) is 5.73. The van der Waals surface area contributed by atoms with Crippen molar-refractivity contribution in [3.05, 3.63) is 29.8 Å². The van der Waals surface area contributed by atoms with Crippen LogP contribution in [0.5, 0.6) is 0 Å². The van der Waals surface area contributed by atoms with Crippen LogP contribution in [0.2, 0.25) is 0 Å². The van der Waals surface area contributed by atoms with Crippen molar-refractivity contribution in [3.8, 4) is 6.07 Å². The van der Waals surface area contributed by atoms with Crippen LogP contribution in [-0.4, -0.2) is 41.2 Å². The van der Waals surface area contributed by atoms with Crippen LogP contribution in [0.4, 0.5) is 5.69 Å². The Morgan fingerprint density at radius 2 is 1.75 bits per heavy atom. The summed E-state index contributed by atoms with van der Waals surface area (Å²) in [6.45, 7) is 0.903. The van der Waals surface area contributed by atoms with Crippen LogP contribution in [-0.2, 0) is 23.9 Å². The summed E-state index contributed by atoms with van der Waals surface area (Å²) in [6.07, 6.45) is 3.14. The lowest BCUT2D eigenvalue weighted by Gasteiger charge is -2.21. The number of ether oxygens (including phenoxy) is 1. The molecule has 1 saturated carbocycles. The molecule has 3 rings (SSSR count). The predicted molar refractivity (Wildman–Crippen MR) is 97.5 cm³/mol. The van der Waals surface area contributed by atoms with E-state index in [1.54, 1.807) is 24.3 Å². The Balaban J connectivity index is 1.54. The number of imide groups is 1. The minimum Gasteiger partial charge on any atom is -0.454 e. The zero-order chi connectivity index (χ0) is 20.3. The molecule has 1 saturated heterocycles. The number of anilines is 1. The van der Waals surface area contributed by atoms with Gasteiger partial charge in [-0.05, 0) is 44.0 Å². The molecule has 2 fully saturated rings. The van der Waals surface area contributed by atoms with E-state index in [1.807, 2.05) is 6.07 Å². The summed E-state index contributed by atoms with van der Waals surface area (Å²) in [4.78, 5) is 50.3. The number of esters is 1. The van der Waals surface area contributed by atoms with Gasteiger partial charge in [0.1, 0.15) is 6.04 Å². The lowest BCUT2D eigenvalue weighted by atomic mass is 9.81. The molecule has 1 heterocycles. The number of amides is 3. The molecule has 2 aliphatic rings. The summed E-state index contributed by atoms with van der Waals surface area (Å²) < 4.78 is 5.00. The van der Waals surface area contributed by atoms with Crippen molar-refractivity contribution in [2.24, 2.45) is 11.8 Å². The van der Waals surface area contributed by atoms with Gasteiger partial charge in [0.05, 0.1) is 23.5 Å². The molecule has 0 spiro atoms. The van der Waals surface area contributed by atoms with E-state index in [9.17, 15) is 19.2 Å². The van der Waals surface area contributed by atoms with Gasteiger partial charge in [0.15, 0.2) is 6.61 Å². The number of hydrogen-bond acceptors (Lipinski definition) is 6. The van der Waals surface area contributed by atoms with Gasteiger partial charge in [-0.3, -0.25) is 19.3 Å². The van der Waals surface area contributed by atoms with Crippen molar-refractivity contribution in [1.82, 2.24) is 4.90 Å². The second kappa shape index (κ2) is 8.21. The fraction of sp³-hybridized carbons (Fsp3) is 0.450. The number of nitrogens with zero attached hydrogens (tertiary/aromatic N) is 2. The highest BCUT2D eigenvalue weighted by molar-refractivity contribution is 6.08. The largest absolute Gasteiger partial charge is 0.454 e. The first kappa shape index (κ1) is 19.5. The molecule has 1 N–H and O–H groups in total. The maximum absolute atomic E-state index is 12.5. The molecule has 0 bridgehead atoms. The Labute approximate surface area is 162 Å². The monoisotopic (exact) mass is 383 g/mol. The van der Waals surface area contributed by atoms with Crippen LogP contribution < -0.4 is 5.32 Å². The first-order chi connectivity index (χ1) is 13.4. The summed E-state index contributed by atoms with van der Waals surface area (Å²) in [5.41, 5.74) is 0.917. The number of nitrogens with one attached hydrogen (secondary N) is 1. The highest BCUT2D eigenvalue weighted by Crippen LogP contribution is 2.38. The van der Waals surface area contributed by atoms with E-state index in [1.165, 1.54) is 6.92 Å². The third-order valence-electron chi connectivity index (χ3n) is 5.25. The van der Waals surface area contributed by atoms with Gasteiger partial charge in [0.2, 0.25) is 11.8 Å². The first-order valence-corrected chi connectivity index (χ1v) is 9.26. The number of hydrogen-bond donors (Lipinski definition) is 1. The van der Waals surface area contributed by atoms with E-state index in [-0.39, 0.29) is 23.7 Å². The predicted octanol–water partition coefficient (Wildman–Crippen LogP) is 1.60. The van der Waals surface area contributed by atoms with Gasteiger partial charge in [0, 0.05) is 5.69 Å². The minimum atomic E-state index is -1.06. The highest BCUT2D eigenvalue weighted by Gasteiger charge is 2.51. The second-order valence-corrected chi connectivity index (χ2v) is 7.06. The topological polar surface area (TPSA) is 117 Å². The molecule has 8 heteroatoms. The van der Waals surface area contributed by atoms with Gasteiger partial charge in [-0.25, -0.2) is 4.79 Å². The third kappa shape index (κ3) is 3.88. The number of carbonyl (C=O) groups is 4. The Bertz CT molecular complexity index is 818. The maximum Gasteiger partial charge on any atom is 0.329 e. The normalized spacial score (nSPS) is 22.2. The molecule has 1 aliphatic carbocycles. The number of benzene rings is 1. The van der Waals surface area contributed by atoms with Crippen LogP contribution in [0.1, 0.15) is 38.2 Å². The van der Waals surface area contributed by atoms with Crippen molar-refractivity contribution >= 4 is 29.4 Å². The summed E-state index contributed by atoms with van der Waals surface area (Å²) in [5.74, 6) is -2.66. The quantitative estimate of drug-likeness (QED) is 0.610. The van der Waals surface area contributed by atoms with Gasteiger partial charge < -0.3 is 10.1 Å². The van der Waals surface area contributed by atoms with Crippen molar-refractivity contribution in [2.75, 3.05) is 11.9 Å². The Morgan fingerprint density at radius 3 is 2.29 bits per heavy atom. The number of likely N-dealkylation sites (tertiary alicyclic amines) is 1. The fourth-order valence-electron chi connectivity index (χ4n) is 3.76. The summed E-state index contributed by atoms with van der Waals surface area (Å²) in [7, 11) is 0. The lowest BCUT2D eigenvalue weighted by molar-refractivity contribution is -0.159. The molecule has 3 amide bonds. The summed E-state index contributed by atoms with van der Waals surface area (Å²) >= 11 is 0. The molecule has 1 aromatic carbocycles. The van der Waals surface area contributed by atoms with Crippen LogP contribution in [0.25, 0.3) is 0 Å². The molecule has 3 atom stereocenters. The van der Waals surface area contributed by atoms with Crippen LogP contribution >= 0.6 is 0 Å². The molecule has 8 nitrogen and oxygen atoms in total. The molecule has 2 unspecified atom stereocenters. The van der Waals surface area contributed by atoms with Gasteiger partial charge >= 0.3 is 5.97 Å². The van der Waals surface area contributed by atoms with Crippen molar-refractivity contribution in [3.63, 3.8) is 0 Å². The number of fused-ring (bicyclic) bond motifs is 1. The van der Waals surface area contributed by atoms with E-state index < -0.39 is 24.5 Å². The van der Waals surface area contributed by atoms with E-state index in [2.05, 4.69) is 5.32 Å². The zero-order valence-corrected chi connectivity index (χ0v) is 15.5. The van der Waals surface area contributed by atoms with Gasteiger partial charge in [-0.15, -0.1) is 0 Å². The molecule has 1 aliphatic heterocycles.